The Morgan fingerprint density at radius 2 is 1.77 bits per heavy atom. The second-order valence-corrected chi connectivity index (χ2v) is 6.84. The van der Waals surface area contributed by atoms with Gasteiger partial charge in [-0.3, -0.25) is 0 Å². The third kappa shape index (κ3) is 4.81. The summed E-state index contributed by atoms with van der Waals surface area (Å²) in [4.78, 5) is 21.2. The van der Waals surface area contributed by atoms with E-state index in [9.17, 15) is 0 Å². The minimum absolute atomic E-state index is 0.0582. The van der Waals surface area contributed by atoms with E-state index in [2.05, 4.69) is 35.4 Å². The fourth-order valence-corrected chi connectivity index (χ4v) is 2.93. The quantitative estimate of drug-likeness (QED) is 0.411. The van der Waals surface area contributed by atoms with Gasteiger partial charge in [-0.15, -0.1) is 0 Å². The molecular formula is C21H22N8O2. The zero-order chi connectivity index (χ0) is 21.6. The molecule has 4 rings (SSSR count). The van der Waals surface area contributed by atoms with Crippen LogP contribution in [0.3, 0.4) is 0 Å². The summed E-state index contributed by atoms with van der Waals surface area (Å²) in [7, 11) is 1.65. The number of anilines is 2. The molecule has 0 amide bonds. The molecule has 0 radical (unpaired) electrons. The van der Waals surface area contributed by atoms with Gasteiger partial charge < -0.3 is 20.3 Å². The average Bonchev–Trinajstić information content (AvgIpc) is 3.30. The minimum atomic E-state index is -0.0582. The maximum Gasteiger partial charge on any atom is 0.278 e. The highest BCUT2D eigenvalue weighted by molar-refractivity contribution is 5.62. The van der Waals surface area contributed by atoms with Gasteiger partial charge in [-0.25, -0.2) is 19.9 Å². The normalized spacial score (nSPS) is 11.9. The first-order valence-corrected chi connectivity index (χ1v) is 9.70. The van der Waals surface area contributed by atoms with Gasteiger partial charge in [0.25, 0.3) is 5.89 Å². The number of ether oxygens (including phenoxy) is 1. The first kappa shape index (κ1) is 20.4. The zero-order valence-electron chi connectivity index (χ0n) is 17.2. The molecule has 0 spiro atoms. The maximum absolute atomic E-state index is 5.55. The fourth-order valence-electron chi connectivity index (χ4n) is 2.93. The summed E-state index contributed by atoms with van der Waals surface area (Å²) in [5.74, 6) is 1.75. The van der Waals surface area contributed by atoms with E-state index >= 15 is 0 Å². The first-order chi connectivity index (χ1) is 15.1. The number of benzene rings is 1. The maximum atomic E-state index is 5.55. The van der Waals surface area contributed by atoms with Crippen molar-refractivity contribution in [2.75, 3.05) is 31.3 Å². The van der Waals surface area contributed by atoms with Crippen molar-refractivity contribution >= 4 is 11.8 Å². The SMILES string of the molecule is COCCNc1cnc(-c2nc([C@H](C)c3ccc(-c4cnc(N)nc4)cc3)no2)cn1. The van der Waals surface area contributed by atoms with Crippen molar-refractivity contribution in [1.29, 1.82) is 0 Å². The molecule has 0 aliphatic rings. The van der Waals surface area contributed by atoms with Crippen LogP contribution in [0.15, 0.2) is 53.6 Å². The van der Waals surface area contributed by atoms with E-state index in [1.807, 2.05) is 31.2 Å². The molecule has 4 aromatic rings. The standard InChI is InChI=1S/C21H22N8O2/c1-13(14-3-5-15(6-4-14)16-9-26-21(22)27-10-16)19-28-20(31-29-19)17-11-25-18(12-24-17)23-7-8-30-2/h3-6,9-13H,7-8H2,1-2H3,(H,23,25)(H2,22,26,27)/t13-/m1/s1. The summed E-state index contributed by atoms with van der Waals surface area (Å²) in [5, 5.41) is 7.23. The highest BCUT2D eigenvalue weighted by atomic mass is 16.5. The van der Waals surface area contributed by atoms with Gasteiger partial charge in [-0.1, -0.05) is 36.3 Å². The molecule has 10 nitrogen and oxygen atoms in total. The highest BCUT2D eigenvalue weighted by Gasteiger charge is 2.18. The van der Waals surface area contributed by atoms with Crippen LogP contribution in [0.5, 0.6) is 0 Å². The van der Waals surface area contributed by atoms with Crippen LogP contribution >= 0.6 is 0 Å². The Bertz CT molecular complexity index is 1110. The third-order valence-electron chi connectivity index (χ3n) is 4.73. The monoisotopic (exact) mass is 418 g/mol. The molecule has 0 fully saturated rings. The first-order valence-electron chi connectivity index (χ1n) is 9.70. The van der Waals surface area contributed by atoms with E-state index < -0.39 is 0 Å². The predicted octanol–water partition coefficient (Wildman–Crippen LogP) is 2.78. The largest absolute Gasteiger partial charge is 0.383 e. The van der Waals surface area contributed by atoms with E-state index in [0.29, 0.717) is 36.4 Å². The van der Waals surface area contributed by atoms with Gasteiger partial charge in [0, 0.05) is 37.5 Å². The topological polar surface area (TPSA) is 138 Å². The van der Waals surface area contributed by atoms with Crippen LogP contribution < -0.4 is 11.1 Å². The minimum Gasteiger partial charge on any atom is -0.383 e. The van der Waals surface area contributed by atoms with Crippen LogP contribution in [0.4, 0.5) is 11.8 Å². The smallest absolute Gasteiger partial charge is 0.278 e. The lowest BCUT2D eigenvalue weighted by Gasteiger charge is -2.08. The highest BCUT2D eigenvalue weighted by Crippen LogP contribution is 2.26. The van der Waals surface area contributed by atoms with Gasteiger partial charge in [0.2, 0.25) is 5.95 Å². The van der Waals surface area contributed by atoms with Crippen LogP contribution in [-0.2, 0) is 4.74 Å². The molecule has 31 heavy (non-hydrogen) atoms. The van der Waals surface area contributed by atoms with Crippen molar-refractivity contribution < 1.29 is 9.26 Å². The molecule has 3 aromatic heterocycles. The van der Waals surface area contributed by atoms with Gasteiger partial charge in [0.05, 0.1) is 19.0 Å². The summed E-state index contributed by atoms with van der Waals surface area (Å²) in [6.07, 6.45) is 6.62. The Morgan fingerprint density at radius 1 is 1.00 bits per heavy atom. The summed E-state index contributed by atoms with van der Waals surface area (Å²) in [6, 6.07) is 8.05. The van der Waals surface area contributed by atoms with E-state index in [-0.39, 0.29) is 11.9 Å². The number of methoxy groups -OCH3 is 1. The van der Waals surface area contributed by atoms with E-state index in [1.54, 1.807) is 31.9 Å². The third-order valence-corrected chi connectivity index (χ3v) is 4.73. The molecular weight excluding hydrogens is 396 g/mol. The molecule has 1 aromatic carbocycles. The van der Waals surface area contributed by atoms with Crippen molar-refractivity contribution in [2.24, 2.45) is 0 Å². The second-order valence-electron chi connectivity index (χ2n) is 6.84. The van der Waals surface area contributed by atoms with Crippen molar-refractivity contribution in [3.05, 3.63) is 60.4 Å². The van der Waals surface area contributed by atoms with Crippen LogP contribution in [0, 0.1) is 0 Å². The van der Waals surface area contributed by atoms with E-state index in [4.69, 9.17) is 15.0 Å². The van der Waals surface area contributed by atoms with Crippen LogP contribution in [0.25, 0.3) is 22.7 Å². The average molecular weight is 418 g/mol. The number of nitrogens with two attached hydrogens (primary N) is 1. The molecule has 3 heterocycles. The van der Waals surface area contributed by atoms with Gasteiger partial charge >= 0.3 is 0 Å². The number of nitrogens with one attached hydrogen (secondary N) is 1. The molecule has 0 saturated heterocycles. The van der Waals surface area contributed by atoms with E-state index in [0.717, 1.165) is 16.7 Å². The number of nitrogens with zero attached hydrogens (tertiary/aromatic N) is 6. The van der Waals surface area contributed by atoms with E-state index in [1.165, 1.54) is 0 Å². The Labute approximate surface area is 178 Å². The Balaban J connectivity index is 1.45. The van der Waals surface area contributed by atoms with Crippen molar-refractivity contribution in [1.82, 2.24) is 30.1 Å². The second kappa shape index (κ2) is 9.26. The molecule has 0 saturated carbocycles. The Morgan fingerprint density at radius 3 is 2.45 bits per heavy atom. The molecule has 0 aliphatic carbocycles. The van der Waals surface area contributed by atoms with Crippen LogP contribution in [-0.4, -0.2) is 50.3 Å². The lowest BCUT2D eigenvalue weighted by Crippen LogP contribution is -2.09. The summed E-state index contributed by atoms with van der Waals surface area (Å²) >= 11 is 0. The summed E-state index contributed by atoms with van der Waals surface area (Å²) in [5.41, 5.74) is 9.01. The molecule has 3 N–H and O–H groups in total. The zero-order valence-corrected chi connectivity index (χ0v) is 17.2. The van der Waals surface area contributed by atoms with Gasteiger partial charge in [0.15, 0.2) is 5.82 Å². The number of hydrogen-bond donors (Lipinski definition) is 2. The lowest BCUT2D eigenvalue weighted by molar-refractivity contribution is 0.210. The van der Waals surface area contributed by atoms with Gasteiger partial charge in [-0.2, -0.15) is 4.98 Å². The number of hydrogen-bond acceptors (Lipinski definition) is 10. The Kier molecular flexibility index (Phi) is 6.08. The van der Waals surface area contributed by atoms with Crippen LogP contribution in [0.2, 0.25) is 0 Å². The molecule has 158 valence electrons. The number of nitrogen functional groups attached to an aromatic ring is 1. The van der Waals surface area contributed by atoms with Crippen molar-refractivity contribution in [3.8, 4) is 22.7 Å². The Hall–Kier alpha value is -3.92. The lowest BCUT2D eigenvalue weighted by atomic mass is 9.98. The number of rotatable bonds is 8. The molecule has 10 heteroatoms. The molecule has 0 aliphatic heterocycles. The number of aromatic nitrogens is 6. The summed E-state index contributed by atoms with van der Waals surface area (Å²) < 4.78 is 10.4. The molecule has 0 bridgehead atoms. The van der Waals surface area contributed by atoms with Gasteiger partial charge in [-0.05, 0) is 11.1 Å². The molecule has 1 atom stereocenters. The predicted molar refractivity (Wildman–Crippen MR) is 115 cm³/mol. The van der Waals surface area contributed by atoms with Crippen molar-refractivity contribution in [3.63, 3.8) is 0 Å². The van der Waals surface area contributed by atoms with Crippen LogP contribution in [0.1, 0.15) is 24.2 Å². The summed E-state index contributed by atoms with van der Waals surface area (Å²) in [6.45, 7) is 3.25. The molecule has 0 unspecified atom stereocenters. The van der Waals surface area contributed by atoms with Crippen molar-refractivity contribution in [2.45, 2.75) is 12.8 Å². The fraction of sp³-hybridized carbons (Fsp3) is 0.238. The van der Waals surface area contributed by atoms with Gasteiger partial charge in [0.1, 0.15) is 11.5 Å².